The molecule has 0 aliphatic carbocycles. The van der Waals surface area contributed by atoms with E-state index in [2.05, 4.69) is 26.7 Å². The van der Waals surface area contributed by atoms with E-state index >= 15 is 0 Å². The van der Waals surface area contributed by atoms with Gasteiger partial charge in [0.15, 0.2) is 0 Å². The molecule has 1 aromatic heterocycles. The Kier molecular flexibility index (Phi) is 4.11. The number of halogens is 1. The van der Waals surface area contributed by atoms with Crippen LogP contribution in [0.2, 0.25) is 0 Å². The summed E-state index contributed by atoms with van der Waals surface area (Å²) in [7, 11) is 0. The van der Waals surface area contributed by atoms with E-state index in [1.165, 1.54) is 12.4 Å². The van der Waals surface area contributed by atoms with Gasteiger partial charge in [-0.1, -0.05) is 24.3 Å². The van der Waals surface area contributed by atoms with E-state index < -0.39 is 0 Å². The summed E-state index contributed by atoms with van der Waals surface area (Å²) in [6, 6.07) is 17.2. The largest absolute Gasteiger partial charge is 0.339 e. The summed E-state index contributed by atoms with van der Waals surface area (Å²) in [5, 5.41) is 15.1. The van der Waals surface area contributed by atoms with E-state index in [-0.39, 0.29) is 5.82 Å². The summed E-state index contributed by atoms with van der Waals surface area (Å²) >= 11 is 0. The molecule has 5 nitrogen and oxygen atoms in total. The van der Waals surface area contributed by atoms with E-state index in [9.17, 15) is 4.39 Å². The summed E-state index contributed by atoms with van der Waals surface area (Å²) in [5.41, 5.74) is 1.48. The highest BCUT2D eigenvalue weighted by Gasteiger charge is 2.05. The molecule has 1 heterocycles. The molecule has 112 valence electrons. The number of hydrogen-bond donors (Lipinski definition) is 2. The lowest BCUT2D eigenvalue weighted by molar-refractivity contribution is 0.632. The van der Waals surface area contributed by atoms with Crippen LogP contribution in [0.4, 0.5) is 27.4 Å². The zero-order chi connectivity index (χ0) is 16.1. The second-order valence-corrected chi connectivity index (χ2v) is 4.68. The maximum atomic E-state index is 13.7. The second kappa shape index (κ2) is 6.54. The molecule has 0 atom stereocenters. The number of nitrogens with zero attached hydrogens (tertiary/aromatic N) is 3. The van der Waals surface area contributed by atoms with E-state index in [0.29, 0.717) is 28.6 Å². The van der Waals surface area contributed by atoms with Crippen molar-refractivity contribution in [2.75, 3.05) is 10.6 Å². The van der Waals surface area contributed by atoms with Crippen LogP contribution in [-0.4, -0.2) is 9.97 Å². The van der Waals surface area contributed by atoms with Crippen molar-refractivity contribution in [3.05, 3.63) is 72.3 Å². The Labute approximate surface area is 132 Å². The zero-order valence-electron chi connectivity index (χ0n) is 12.0. The molecule has 0 saturated heterocycles. The molecule has 0 saturated carbocycles. The summed E-state index contributed by atoms with van der Waals surface area (Å²) in [6.07, 6.45) is 1.36. The second-order valence-electron chi connectivity index (χ2n) is 4.68. The van der Waals surface area contributed by atoms with Crippen LogP contribution in [0.1, 0.15) is 5.56 Å². The highest BCUT2D eigenvalue weighted by molar-refractivity contribution is 5.67. The Bertz CT molecular complexity index is 873. The number of anilines is 4. The first-order valence-corrected chi connectivity index (χ1v) is 6.86. The number of nitriles is 1. The van der Waals surface area contributed by atoms with Gasteiger partial charge in [-0.25, -0.2) is 14.4 Å². The van der Waals surface area contributed by atoms with Crippen molar-refractivity contribution >= 4 is 23.0 Å². The minimum atomic E-state index is -0.365. The molecule has 2 aromatic carbocycles. The number of nitrogens with one attached hydrogen (secondary N) is 2. The smallest absolute Gasteiger partial charge is 0.146 e. The molecule has 3 aromatic rings. The van der Waals surface area contributed by atoms with Gasteiger partial charge in [-0.15, -0.1) is 0 Å². The van der Waals surface area contributed by atoms with Gasteiger partial charge < -0.3 is 10.6 Å². The summed E-state index contributed by atoms with van der Waals surface area (Å²) in [4.78, 5) is 8.17. The maximum Gasteiger partial charge on any atom is 0.146 e. The molecule has 3 rings (SSSR count). The minimum absolute atomic E-state index is 0.328. The molecule has 2 N–H and O–H groups in total. The van der Waals surface area contributed by atoms with Crippen LogP contribution >= 0.6 is 0 Å². The highest BCUT2D eigenvalue weighted by atomic mass is 19.1. The topological polar surface area (TPSA) is 73.6 Å². The summed E-state index contributed by atoms with van der Waals surface area (Å²) in [5.74, 6) is 0.582. The molecule has 0 radical (unpaired) electrons. The number of para-hydroxylation sites is 2. The van der Waals surface area contributed by atoms with Crippen LogP contribution in [0.3, 0.4) is 0 Å². The summed E-state index contributed by atoms with van der Waals surface area (Å²) in [6.45, 7) is 0. The Hall–Kier alpha value is -3.46. The minimum Gasteiger partial charge on any atom is -0.339 e. The molecule has 6 heteroatoms. The van der Waals surface area contributed by atoms with Crippen molar-refractivity contribution < 1.29 is 4.39 Å². The van der Waals surface area contributed by atoms with Gasteiger partial charge in [-0.05, 0) is 24.3 Å². The Balaban J connectivity index is 1.83. The third-order valence-corrected chi connectivity index (χ3v) is 3.11. The quantitative estimate of drug-likeness (QED) is 0.763. The first-order valence-electron chi connectivity index (χ1n) is 6.86. The Morgan fingerprint density at radius 2 is 1.48 bits per heavy atom. The molecule has 23 heavy (non-hydrogen) atoms. The standard InChI is InChI=1S/C17H12FN5/c18-13-6-2-4-8-15(13)23-17-9-16(20-11-21-17)22-14-7-3-1-5-12(14)10-19/h1-9,11H,(H2,20,21,22,23). The SMILES string of the molecule is N#Cc1ccccc1Nc1cc(Nc2ccccc2F)ncn1. The predicted molar refractivity (Wildman–Crippen MR) is 86.2 cm³/mol. The molecule has 0 spiro atoms. The number of rotatable bonds is 4. The van der Waals surface area contributed by atoms with Crippen molar-refractivity contribution in [3.8, 4) is 6.07 Å². The van der Waals surface area contributed by atoms with E-state index in [1.54, 1.807) is 42.5 Å². The maximum absolute atomic E-state index is 13.7. The van der Waals surface area contributed by atoms with Crippen molar-refractivity contribution in [3.63, 3.8) is 0 Å². The fourth-order valence-electron chi connectivity index (χ4n) is 2.02. The van der Waals surface area contributed by atoms with E-state index in [0.717, 1.165) is 0 Å². The fraction of sp³-hybridized carbons (Fsp3) is 0. The Morgan fingerprint density at radius 3 is 2.17 bits per heavy atom. The molecule has 0 fully saturated rings. The summed E-state index contributed by atoms with van der Waals surface area (Å²) < 4.78 is 13.7. The molecule has 0 aliphatic heterocycles. The molecule has 0 bridgehead atoms. The lowest BCUT2D eigenvalue weighted by Gasteiger charge is -2.10. The van der Waals surface area contributed by atoms with Crippen molar-refractivity contribution in [2.45, 2.75) is 0 Å². The van der Waals surface area contributed by atoms with Gasteiger partial charge in [-0.2, -0.15) is 5.26 Å². The normalized spacial score (nSPS) is 9.91. The number of aromatic nitrogens is 2. The van der Waals surface area contributed by atoms with E-state index in [1.807, 2.05) is 6.07 Å². The average molecular weight is 305 g/mol. The highest BCUT2D eigenvalue weighted by Crippen LogP contribution is 2.22. The first kappa shape index (κ1) is 14.5. The zero-order valence-corrected chi connectivity index (χ0v) is 12.0. The van der Waals surface area contributed by atoms with Crippen LogP contribution in [0.15, 0.2) is 60.9 Å². The number of hydrogen-bond acceptors (Lipinski definition) is 5. The van der Waals surface area contributed by atoms with Crippen LogP contribution in [0, 0.1) is 17.1 Å². The Morgan fingerprint density at radius 1 is 0.870 bits per heavy atom. The van der Waals surface area contributed by atoms with Gasteiger partial charge in [0.05, 0.1) is 16.9 Å². The van der Waals surface area contributed by atoms with Crippen molar-refractivity contribution in [1.29, 1.82) is 5.26 Å². The van der Waals surface area contributed by atoms with Crippen molar-refractivity contribution in [2.24, 2.45) is 0 Å². The molecule has 0 aliphatic rings. The van der Waals surface area contributed by atoms with Gasteiger partial charge in [-0.3, -0.25) is 0 Å². The molecule has 0 unspecified atom stereocenters. The first-order chi connectivity index (χ1) is 11.3. The van der Waals surface area contributed by atoms with Crippen molar-refractivity contribution in [1.82, 2.24) is 9.97 Å². The van der Waals surface area contributed by atoms with Crippen LogP contribution in [-0.2, 0) is 0 Å². The van der Waals surface area contributed by atoms with Gasteiger partial charge in [0.25, 0.3) is 0 Å². The predicted octanol–water partition coefficient (Wildman–Crippen LogP) is 3.97. The molecule has 0 amide bonds. The van der Waals surface area contributed by atoms with Crippen LogP contribution in [0.25, 0.3) is 0 Å². The average Bonchev–Trinajstić information content (AvgIpc) is 2.58. The van der Waals surface area contributed by atoms with Gasteiger partial charge in [0.1, 0.15) is 29.8 Å². The lowest BCUT2D eigenvalue weighted by atomic mass is 10.2. The number of benzene rings is 2. The fourth-order valence-corrected chi connectivity index (χ4v) is 2.02. The van der Waals surface area contributed by atoms with Gasteiger partial charge in [0, 0.05) is 6.07 Å². The van der Waals surface area contributed by atoms with Gasteiger partial charge in [0.2, 0.25) is 0 Å². The molecular formula is C17H12FN5. The third kappa shape index (κ3) is 3.41. The van der Waals surface area contributed by atoms with Gasteiger partial charge >= 0.3 is 0 Å². The van der Waals surface area contributed by atoms with E-state index in [4.69, 9.17) is 5.26 Å². The monoisotopic (exact) mass is 305 g/mol. The van der Waals surface area contributed by atoms with Crippen LogP contribution in [0.5, 0.6) is 0 Å². The molecular weight excluding hydrogens is 293 g/mol. The van der Waals surface area contributed by atoms with Crippen LogP contribution < -0.4 is 10.6 Å². The lowest BCUT2D eigenvalue weighted by Crippen LogP contribution is -2.00. The third-order valence-electron chi connectivity index (χ3n) is 3.11.